The molecule has 1 N–H and O–H groups in total. The van der Waals surface area contributed by atoms with Crippen molar-refractivity contribution in [3.63, 3.8) is 0 Å². The molecule has 5 heteroatoms. The van der Waals surface area contributed by atoms with Crippen molar-refractivity contribution in [1.29, 1.82) is 0 Å². The van der Waals surface area contributed by atoms with Crippen LogP contribution in [0, 0.1) is 0 Å². The van der Waals surface area contributed by atoms with Crippen molar-refractivity contribution in [2.45, 2.75) is 26.2 Å². The van der Waals surface area contributed by atoms with Gasteiger partial charge in [0.15, 0.2) is 5.82 Å². The lowest BCUT2D eigenvalue weighted by atomic mass is 9.92. The highest BCUT2D eigenvalue weighted by Crippen LogP contribution is 2.24. The van der Waals surface area contributed by atoms with Gasteiger partial charge in [-0.3, -0.25) is 0 Å². The van der Waals surface area contributed by atoms with Gasteiger partial charge in [-0.05, 0) is 12.3 Å². The summed E-state index contributed by atoms with van der Waals surface area (Å²) in [6.07, 6.45) is 5.78. The van der Waals surface area contributed by atoms with Crippen LogP contribution in [0.25, 0.3) is 5.52 Å². The van der Waals surface area contributed by atoms with E-state index < -0.39 is 0 Å². The number of rotatable bonds is 4. The van der Waals surface area contributed by atoms with Gasteiger partial charge in [0.25, 0.3) is 0 Å². The number of hydrogen-bond acceptors (Lipinski definition) is 4. The number of nitrogens with one attached hydrogen (secondary N) is 1. The fourth-order valence-electron chi connectivity index (χ4n) is 1.70. The Kier molecular flexibility index (Phi) is 3.80. The maximum atomic E-state index is 4.60. The van der Waals surface area contributed by atoms with E-state index >= 15 is 0 Å². The number of anilines is 1. The molecule has 0 aliphatic carbocycles. The van der Waals surface area contributed by atoms with Crippen LogP contribution in [-0.2, 0) is 5.41 Å². The van der Waals surface area contributed by atoms with Gasteiger partial charge in [0, 0.05) is 30.1 Å². The van der Waals surface area contributed by atoms with Gasteiger partial charge in [0.2, 0.25) is 0 Å². The minimum atomic E-state index is 0.0581. The van der Waals surface area contributed by atoms with Gasteiger partial charge >= 0.3 is 0 Å². The van der Waals surface area contributed by atoms with Crippen LogP contribution in [0.4, 0.5) is 5.82 Å². The highest BCUT2D eigenvalue weighted by molar-refractivity contribution is 7.98. The van der Waals surface area contributed by atoms with Crippen molar-refractivity contribution in [3.8, 4) is 0 Å². The van der Waals surface area contributed by atoms with Gasteiger partial charge in [-0.15, -0.1) is 0 Å². The molecule has 98 valence electrons. The van der Waals surface area contributed by atoms with Crippen LogP contribution in [0.2, 0.25) is 0 Å². The van der Waals surface area contributed by atoms with Crippen LogP contribution < -0.4 is 5.32 Å². The largest absolute Gasteiger partial charge is 0.367 e. The smallest absolute Gasteiger partial charge is 0.152 e. The van der Waals surface area contributed by atoms with Gasteiger partial charge in [-0.25, -0.2) is 9.50 Å². The summed E-state index contributed by atoms with van der Waals surface area (Å²) < 4.78 is 1.90. The lowest BCUT2D eigenvalue weighted by molar-refractivity contribution is 0.562. The third-order valence-corrected chi connectivity index (χ3v) is 3.37. The zero-order chi connectivity index (χ0) is 13.2. The first-order valence-electron chi connectivity index (χ1n) is 6.10. The molecule has 2 heterocycles. The summed E-state index contributed by atoms with van der Waals surface area (Å²) in [6, 6.07) is 2.12. The maximum Gasteiger partial charge on any atom is 0.152 e. The van der Waals surface area contributed by atoms with Crippen LogP contribution in [0.5, 0.6) is 0 Å². The molecule has 0 amide bonds. The van der Waals surface area contributed by atoms with E-state index in [1.807, 2.05) is 22.5 Å². The zero-order valence-corrected chi connectivity index (χ0v) is 12.2. The van der Waals surface area contributed by atoms with Crippen LogP contribution in [0.3, 0.4) is 0 Å². The first-order chi connectivity index (χ1) is 8.52. The van der Waals surface area contributed by atoms with Gasteiger partial charge in [-0.2, -0.15) is 16.9 Å². The molecule has 0 bridgehead atoms. The van der Waals surface area contributed by atoms with E-state index in [0.717, 1.165) is 29.3 Å². The van der Waals surface area contributed by atoms with Gasteiger partial charge in [0.1, 0.15) is 5.52 Å². The Hall–Kier alpha value is -1.23. The van der Waals surface area contributed by atoms with E-state index in [0.29, 0.717) is 0 Å². The summed E-state index contributed by atoms with van der Waals surface area (Å²) in [6.45, 7) is 7.43. The molecule has 2 aromatic heterocycles. The Morgan fingerprint density at radius 3 is 2.83 bits per heavy atom. The molecular formula is C13H20N4S. The number of hydrogen-bond donors (Lipinski definition) is 1. The van der Waals surface area contributed by atoms with Crippen molar-refractivity contribution in [2.24, 2.45) is 0 Å². The van der Waals surface area contributed by atoms with Crippen LogP contribution >= 0.6 is 11.8 Å². The van der Waals surface area contributed by atoms with Gasteiger partial charge in [0.05, 0.1) is 5.69 Å². The topological polar surface area (TPSA) is 42.2 Å². The van der Waals surface area contributed by atoms with Gasteiger partial charge in [-0.1, -0.05) is 20.8 Å². The van der Waals surface area contributed by atoms with E-state index in [-0.39, 0.29) is 5.41 Å². The van der Waals surface area contributed by atoms with E-state index in [1.165, 1.54) is 0 Å². The molecule has 0 spiro atoms. The molecule has 0 aromatic carbocycles. The maximum absolute atomic E-state index is 4.60. The Morgan fingerprint density at radius 1 is 1.39 bits per heavy atom. The van der Waals surface area contributed by atoms with Crippen LogP contribution in [-0.4, -0.2) is 33.2 Å². The minimum absolute atomic E-state index is 0.0581. The summed E-state index contributed by atoms with van der Waals surface area (Å²) in [4.78, 5) is 4.39. The number of thioether (sulfide) groups is 1. The molecule has 4 nitrogen and oxygen atoms in total. The first kappa shape index (κ1) is 13.2. The van der Waals surface area contributed by atoms with Crippen molar-refractivity contribution in [3.05, 3.63) is 24.2 Å². The molecule has 0 atom stereocenters. The molecule has 0 saturated carbocycles. The second kappa shape index (κ2) is 5.18. The Bertz CT molecular complexity index is 527. The summed E-state index contributed by atoms with van der Waals surface area (Å²) in [5.41, 5.74) is 2.19. The second-order valence-electron chi connectivity index (χ2n) is 5.30. The predicted molar refractivity (Wildman–Crippen MR) is 78.6 cm³/mol. The van der Waals surface area contributed by atoms with Crippen molar-refractivity contribution < 1.29 is 0 Å². The lowest BCUT2D eigenvalue weighted by Gasteiger charge is -2.13. The minimum Gasteiger partial charge on any atom is -0.367 e. The predicted octanol–water partition coefficient (Wildman–Crippen LogP) is 2.80. The second-order valence-corrected chi connectivity index (χ2v) is 6.29. The average Bonchev–Trinajstić information content (AvgIpc) is 2.73. The molecular weight excluding hydrogens is 244 g/mol. The highest BCUT2D eigenvalue weighted by Gasteiger charge is 2.18. The Labute approximate surface area is 112 Å². The summed E-state index contributed by atoms with van der Waals surface area (Å²) in [5.74, 6) is 1.98. The molecule has 0 unspecified atom stereocenters. The Balaban J connectivity index is 2.33. The summed E-state index contributed by atoms with van der Waals surface area (Å²) in [5, 5.41) is 7.96. The van der Waals surface area contributed by atoms with Crippen molar-refractivity contribution in [1.82, 2.24) is 14.6 Å². The van der Waals surface area contributed by atoms with E-state index in [4.69, 9.17) is 0 Å². The molecule has 2 aromatic rings. The Morgan fingerprint density at radius 2 is 2.17 bits per heavy atom. The number of fused-ring (bicyclic) bond motifs is 1. The van der Waals surface area contributed by atoms with Crippen molar-refractivity contribution in [2.75, 3.05) is 23.9 Å². The van der Waals surface area contributed by atoms with Gasteiger partial charge < -0.3 is 5.32 Å². The third kappa shape index (κ3) is 2.77. The summed E-state index contributed by atoms with van der Waals surface area (Å²) in [7, 11) is 0. The fraction of sp³-hybridized carbons (Fsp3) is 0.538. The third-order valence-electron chi connectivity index (χ3n) is 2.76. The fourth-order valence-corrected chi connectivity index (χ4v) is 2.00. The molecule has 18 heavy (non-hydrogen) atoms. The molecule has 0 aliphatic heterocycles. The number of nitrogens with zero attached hydrogens (tertiary/aromatic N) is 3. The normalized spacial score (nSPS) is 12.0. The standard InChI is InChI=1S/C13H20N4S/c1-13(2,3)11-9-10-12(15-6-8-18-4)14-5-7-17(10)16-11/h5,7,9H,6,8H2,1-4H3,(H,14,15). The quantitative estimate of drug-likeness (QED) is 0.862. The van der Waals surface area contributed by atoms with Crippen LogP contribution in [0.1, 0.15) is 26.5 Å². The van der Waals surface area contributed by atoms with E-state index in [1.54, 1.807) is 6.20 Å². The molecule has 0 fully saturated rings. The SMILES string of the molecule is CSCCNc1nccn2nc(C(C)(C)C)cc12. The molecule has 2 rings (SSSR count). The zero-order valence-electron chi connectivity index (χ0n) is 11.4. The lowest BCUT2D eigenvalue weighted by Crippen LogP contribution is -2.11. The van der Waals surface area contributed by atoms with Crippen molar-refractivity contribution >= 4 is 23.1 Å². The number of aromatic nitrogens is 3. The molecule has 0 aliphatic rings. The average molecular weight is 264 g/mol. The summed E-state index contributed by atoms with van der Waals surface area (Å²) >= 11 is 1.82. The van der Waals surface area contributed by atoms with E-state index in [9.17, 15) is 0 Å². The highest BCUT2D eigenvalue weighted by atomic mass is 32.2. The molecule has 0 saturated heterocycles. The first-order valence-corrected chi connectivity index (χ1v) is 7.49. The molecule has 0 radical (unpaired) electrons. The van der Waals surface area contributed by atoms with E-state index in [2.05, 4.69) is 48.5 Å². The van der Waals surface area contributed by atoms with Crippen LogP contribution in [0.15, 0.2) is 18.5 Å². The monoisotopic (exact) mass is 264 g/mol.